The smallest absolute Gasteiger partial charge is 0.117 e. The van der Waals surface area contributed by atoms with Crippen LogP contribution < -0.4 is 10.6 Å². The van der Waals surface area contributed by atoms with Gasteiger partial charge < -0.3 is 15.4 Å². The molecule has 1 aromatic carbocycles. The van der Waals surface area contributed by atoms with E-state index in [2.05, 4.69) is 34.9 Å². The molecule has 1 saturated heterocycles. The molecule has 5 heteroatoms. The highest BCUT2D eigenvalue weighted by molar-refractivity contribution is 5.85. The Bertz CT molecular complexity index is 307. The number of halogens is 2. The summed E-state index contributed by atoms with van der Waals surface area (Å²) in [6, 6.07) is 8.40. The minimum Gasteiger partial charge on any atom is -0.388 e. The number of hydrogen-bond acceptors (Lipinski definition) is 3. The van der Waals surface area contributed by atoms with Gasteiger partial charge in [-0.25, -0.2) is 0 Å². The molecule has 1 aromatic rings. The third kappa shape index (κ3) is 2.61. The Balaban J connectivity index is 0.00000112. The molecule has 1 fully saturated rings. The molecule has 0 aromatic heterocycles. The van der Waals surface area contributed by atoms with Gasteiger partial charge in [0, 0.05) is 32.9 Å². The summed E-state index contributed by atoms with van der Waals surface area (Å²) in [7, 11) is 3.69. The van der Waals surface area contributed by atoms with Crippen LogP contribution in [0.3, 0.4) is 0 Å². The van der Waals surface area contributed by atoms with Gasteiger partial charge in [0.15, 0.2) is 0 Å². The third-order valence-corrected chi connectivity index (χ3v) is 2.91. The predicted molar refractivity (Wildman–Crippen MR) is 72.0 cm³/mol. The molecule has 0 aliphatic carbocycles. The molecule has 2 rings (SSSR count). The highest BCUT2D eigenvalue weighted by Gasteiger charge is 2.38. The van der Waals surface area contributed by atoms with Crippen LogP contribution in [0.25, 0.3) is 0 Å². The highest BCUT2D eigenvalue weighted by atomic mass is 35.5. The Labute approximate surface area is 109 Å². The van der Waals surface area contributed by atoms with Gasteiger partial charge in [-0.15, -0.1) is 24.8 Å². The lowest BCUT2D eigenvalue weighted by Crippen LogP contribution is -2.57. The van der Waals surface area contributed by atoms with E-state index in [4.69, 9.17) is 4.74 Å². The molecule has 1 heterocycles. The van der Waals surface area contributed by atoms with E-state index in [0.717, 1.165) is 18.8 Å². The minimum absolute atomic E-state index is 0. The van der Waals surface area contributed by atoms with E-state index in [1.807, 2.05) is 7.05 Å². The van der Waals surface area contributed by atoms with Gasteiger partial charge in [-0.1, -0.05) is 12.1 Å². The lowest BCUT2D eigenvalue weighted by Gasteiger charge is -2.41. The van der Waals surface area contributed by atoms with Crippen molar-refractivity contribution < 1.29 is 4.74 Å². The van der Waals surface area contributed by atoms with E-state index in [1.165, 1.54) is 5.56 Å². The number of hydrogen-bond donors (Lipinski definition) is 2. The summed E-state index contributed by atoms with van der Waals surface area (Å²) in [5, 5.41) is 6.34. The van der Waals surface area contributed by atoms with Crippen LogP contribution in [-0.2, 0) is 10.3 Å². The number of ether oxygens (including phenoxy) is 1. The SMILES string of the molecule is CNc1ccc(C2(OC)CNC2)cc1.Cl.Cl. The monoisotopic (exact) mass is 264 g/mol. The molecule has 2 N–H and O–H groups in total. The minimum atomic E-state index is -0.0910. The van der Waals surface area contributed by atoms with Crippen LogP contribution in [0.2, 0.25) is 0 Å². The highest BCUT2D eigenvalue weighted by Crippen LogP contribution is 2.29. The van der Waals surface area contributed by atoms with Gasteiger partial charge >= 0.3 is 0 Å². The van der Waals surface area contributed by atoms with E-state index in [0.29, 0.717) is 0 Å². The van der Waals surface area contributed by atoms with Crippen LogP contribution in [0.4, 0.5) is 5.69 Å². The Morgan fingerprint density at radius 2 is 1.75 bits per heavy atom. The topological polar surface area (TPSA) is 33.3 Å². The molecule has 92 valence electrons. The molecule has 0 bridgehead atoms. The van der Waals surface area contributed by atoms with Crippen molar-refractivity contribution in [2.24, 2.45) is 0 Å². The third-order valence-electron chi connectivity index (χ3n) is 2.91. The summed E-state index contributed by atoms with van der Waals surface area (Å²) in [5.74, 6) is 0. The number of methoxy groups -OCH3 is 1. The maximum Gasteiger partial charge on any atom is 0.117 e. The van der Waals surface area contributed by atoms with E-state index < -0.39 is 0 Å². The Morgan fingerprint density at radius 3 is 2.06 bits per heavy atom. The van der Waals surface area contributed by atoms with Crippen molar-refractivity contribution >= 4 is 30.5 Å². The number of benzene rings is 1. The van der Waals surface area contributed by atoms with Crippen molar-refractivity contribution in [1.29, 1.82) is 0 Å². The van der Waals surface area contributed by atoms with E-state index in [9.17, 15) is 0 Å². The van der Waals surface area contributed by atoms with Crippen LogP contribution in [0.5, 0.6) is 0 Å². The van der Waals surface area contributed by atoms with Crippen molar-refractivity contribution in [3.63, 3.8) is 0 Å². The summed E-state index contributed by atoms with van der Waals surface area (Å²) in [5.41, 5.74) is 2.29. The van der Waals surface area contributed by atoms with Crippen molar-refractivity contribution in [3.8, 4) is 0 Å². The van der Waals surface area contributed by atoms with Gasteiger partial charge in [-0.05, 0) is 17.7 Å². The molecule has 0 amide bonds. The zero-order valence-corrected chi connectivity index (χ0v) is 11.1. The van der Waals surface area contributed by atoms with E-state index in [1.54, 1.807) is 7.11 Å². The van der Waals surface area contributed by atoms with Gasteiger partial charge in [-0.3, -0.25) is 0 Å². The molecule has 0 saturated carbocycles. The summed E-state index contributed by atoms with van der Waals surface area (Å²) >= 11 is 0. The van der Waals surface area contributed by atoms with Gasteiger partial charge in [0.2, 0.25) is 0 Å². The standard InChI is InChI=1S/C11H16N2O.2ClH/c1-12-10-5-3-9(4-6-10)11(14-2)7-13-8-11;;/h3-6,12-13H,7-8H2,1-2H3;2*1H. The molecule has 0 radical (unpaired) electrons. The largest absolute Gasteiger partial charge is 0.388 e. The second kappa shape index (κ2) is 6.30. The van der Waals surface area contributed by atoms with Crippen LogP contribution >= 0.6 is 24.8 Å². The first-order valence-corrected chi connectivity index (χ1v) is 4.85. The molecule has 1 aliphatic rings. The quantitative estimate of drug-likeness (QED) is 0.877. The van der Waals surface area contributed by atoms with E-state index in [-0.39, 0.29) is 30.4 Å². The summed E-state index contributed by atoms with van der Waals surface area (Å²) in [6.07, 6.45) is 0. The normalized spacial score (nSPS) is 16.4. The molecule has 0 spiro atoms. The number of anilines is 1. The Morgan fingerprint density at radius 1 is 1.19 bits per heavy atom. The summed E-state index contributed by atoms with van der Waals surface area (Å²) in [6.45, 7) is 1.81. The van der Waals surface area contributed by atoms with Gasteiger partial charge in [0.05, 0.1) is 0 Å². The summed E-state index contributed by atoms with van der Waals surface area (Å²) in [4.78, 5) is 0. The lowest BCUT2D eigenvalue weighted by atomic mass is 9.88. The predicted octanol–water partition coefficient (Wildman–Crippen LogP) is 2.02. The van der Waals surface area contributed by atoms with Crippen LogP contribution in [0, 0.1) is 0 Å². The fourth-order valence-corrected chi connectivity index (χ4v) is 1.76. The second-order valence-electron chi connectivity index (χ2n) is 3.63. The van der Waals surface area contributed by atoms with Crippen molar-refractivity contribution in [3.05, 3.63) is 29.8 Å². The van der Waals surface area contributed by atoms with Crippen LogP contribution in [0.15, 0.2) is 24.3 Å². The summed E-state index contributed by atoms with van der Waals surface area (Å²) < 4.78 is 5.55. The molecular formula is C11H18Cl2N2O. The van der Waals surface area contributed by atoms with Crippen molar-refractivity contribution in [1.82, 2.24) is 5.32 Å². The van der Waals surface area contributed by atoms with Gasteiger partial charge in [0.25, 0.3) is 0 Å². The van der Waals surface area contributed by atoms with Crippen molar-refractivity contribution in [2.75, 3.05) is 32.6 Å². The first kappa shape index (κ1) is 15.5. The number of nitrogens with one attached hydrogen (secondary N) is 2. The Hall–Kier alpha value is -0.480. The van der Waals surface area contributed by atoms with E-state index >= 15 is 0 Å². The number of rotatable bonds is 3. The lowest BCUT2D eigenvalue weighted by molar-refractivity contribution is -0.0565. The maximum absolute atomic E-state index is 5.55. The maximum atomic E-state index is 5.55. The van der Waals surface area contributed by atoms with Gasteiger partial charge in [0.1, 0.15) is 5.60 Å². The molecule has 0 unspecified atom stereocenters. The second-order valence-corrected chi connectivity index (χ2v) is 3.63. The molecular weight excluding hydrogens is 247 g/mol. The molecule has 16 heavy (non-hydrogen) atoms. The fourth-order valence-electron chi connectivity index (χ4n) is 1.76. The van der Waals surface area contributed by atoms with Crippen LogP contribution in [0.1, 0.15) is 5.56 Å². The van der Waals surface area contributed by atoms with Gasteiger partial charge in [-0.2, -0.15) is 0 Å². The average Bonchev–Trinajstić information content (AvgIpc) is 2.18. The zero-order chi connectivity index (χ0) is 10.0. The van der Waals surface area contributed by atoms with Crippen LogP contribution in [-0.4, -0.2) is 27.2 Å². The van der Waals surface area contributed by atoms with Crippen molar-refractivity contribution in [2.45, 2.75) is 5.60 Å². The Kier molecular flexibility index (Phi) is 6.11. The fraction of sp³-hybridized carbons (Fsp3) is 0.455. The first-order chi connectivity index (χ1) is 6.80. The zero-order valence-electron chi connectivity index (χ0n) is 9.45. The average molecular weight is 265 g/mol. The molecule has 1 aliphatic heterocycles. The molecule has 0 atom stereocenters. The first-order valence-electron chi connectivity index (χ1n) is 4.85. The molecule has 3 nitrogen and oxygen atoms in total.